The van der Waals surface area contributed by atoms with E-state index in [-0.39, 0.29) is 118 Å². The average Bonchev–Trinajstić information content (AvgIpc) is 4.07. The van der Waals surface area contributed by atoms with Crippen molar-refractivity contribution in [3.8, 4) is 0 Å². The fourth-order valence-electron chi connectivity index (χ4n) is 0.151. The van der Waals surface area contributed by atoms with Crippen molar-refractivity contribution in [2.45, 2.75) is 20.3 Å². The Morgan fingerprint density at radius 1 is 0.159 bits per heavy atom. The Hall–Kier alpha value is 180. The van der Waals surface area contributed by atoms with Gasteiger partial charge in [0.05, 0.1) is 0 Å². The van der Waals surface area contributed by atoms with Crippen LogP contribution in [0.25, 0.3) is 0 Å². The number of carbonyl (C=O) groups is 1. The molecule has 0 rings (SSSR count). The van der Waals surface area contributed by atoms with Crippen LogP contribution in [-0.2, 0) is 4.79 Å². The van der Waals surface area contributed by atoms with E-state index in [9.17, 15) is 4.79 Å². The molecule has 0 aliphatic heterocycles. The van der Waals surface area contributed by atoms with Crippen LogP contribution in [0, 0.1) is 5.92 Å². The molecule has 1 N–H and O–H groups in total. The molecule has 0 aromatic heterocycles. The second-order valence-electron chi connectivity index (χ2n) is 1.44. The molecule has 0 spiro atoms. The first kappa shape index (κ1) is 425. The molecule has 0 aliphatic carbocycles. The molecule has 0 amide bonds. The summed E-state index contributed by atoms with van der Waals surface area (Å²) in [5, 5.41) is 8.14. The van der Waals surface area contributed by atoms with Crippen LogP contribution in [0.3, 0.4) is 0 Å². The molecule has 0 bridgehead atoms. The van der Waals surface area contributed by atoms with Crippen LogP contribution in [0.1, 0.15) is 21.7 Å². The van der Waals surface area contributed by atoms with Gasteiger partial charge in [0.1, 0.15) is 0 Å². The predicted octanol–water partition coefficient (Wildman–Crippen LogP) is -42.1. The summed E-state index contributed by atoms with van der Waals surface area (Å²) in [5.74, 6) is -0.275. The number of carboxylic acids is 1. The number of rotatable bonds is 2. The Labute approximate surface area is 3190 Å². The Bertz CT molecular complexity index is 114. The van der Waals surface area contributed by atoms with Crippen LogP contribution in [0.15, 0.2) is 0 Å². The maximum atomic E-state index is 9.89. The zero-order valence-corrected chi connectivity index (χ0v) is 596. The first-order valence-corrected chi connectivity index (χ1v) is 1720. The summed E-state index contributed by atoms with van der Waals surface area (Å²) >= 11 is 114. The van der Waals surface area contributed by atoms with Gasteiger partial charge in [-0.15, -0.1) is 0 Å². The van der Waals surface area contributed by atoms with Crippen LogP contribution >= 0.6 is 0 Å². The van der Waals surface area contributed by atoms with Gasteiger partial charge in [0, 0.05) is 0 Å². The van der Waals surface area contributed by atoms with Crippen LogP contribution in [0.2, 0.25) is 0 Å². The quantitative estimate of drug-likeness (QED) is 0.280. The Morgan fingerprint density at radius 3 is 0.187 bits per heavy atom. The van der Waals surface area contributed by atoms with Gasteiger partial charge in [-0.3, -0.25) is 10.7 Å². The third kappa shape index (κ3) is 667. The van der Waals surface area contributed by atoms with E-state index in [1.807, 2.05) is 6.92 Å². The molecular formula is C5H10O2Rb100. The van der Waals surface area contributed by atoms with Crippen LogP contribution in [-0.4, -0.2) is 3330 Å². The monoisotopic (exact) mass is 8590 g/mol. The SMILES string of the molecule is CC[C-](C)C(=O)O.[H-].[Rb+].[Rb+].[Rb][Rb].[Rb][Rb].[Rb][Rb].[Rb][Rb].[Rb][Rb].[Rb][Rb].[Rb][Rb].[Rb][Rb].[Rb][Rb].[Rb][Rb].[Rb][Rb].[Rb][Rb].[Rb][Rb].[Rb][Rb].[Rb][Rb].[Rb][Rb].[Rb][Rb].[Rb][Rb].[Rb][Rb].[Rb][Rb].[Rb][Rb].[Rb][Rb].[Rb][Rb].[Rb][Rb].[Rb][Rb].[Rb][Rb].[Rb][Rb].[Rb][Rb].[Rb][Rb].[Rb][Rb].[Rb][Rb].[Rb][Rb].[Rb][Rb].[Rb][Rb].[Rb][Rb].[Rb][Rb].[Rb][Rb].[Rb][Rb].[Rb][Rb].[Rb][Rb].[Rb][Rb].[Rb][Rb].[Rb][Rb].[Rb][Rb].[Rb][Rb].[Rb][Rb].[Rb][Rb].[Rb][Rb].[Rb][Rb]. The molecule has 0 fully saturated rings. The topological polar surface area (TPSA) is 37.3 Å². The van der Waals surface area contributed by atoms with Gasteiger partial charge < -0.3 is 6.53 Å². The van der Waals surface area contributed by atoms with Gasteiger partial charge in [-0.1, -0.05) is 6.92 Å². The predicted molar refractivity (Wildman–Crippen MR) is 592 cm³/mol. The molecule has 0 aromatic rings. The molecule has 107 heavy (non-hydrogen) atoms. The third-order valence-electron chi connectivity index (χ3n) is 0.895. The van der Waals surface area contributed by atoms with Crippen molar-refractivity contribution in [1.29, 1.82) is 0 Å². The molecule has 0 saturated carbocycles. The summed E-state index contributed by atoms with van der Waals surface area (Å²) in [4.78, 5) is 9.89. The van der Waals surface area contributed by atoms with E-state index in [4.69, 9.17) is 5.11 Å². The Kier molecular flexibility index (Phi) is 2640. The summed E-state index contributed by atoms with van der Waals surface area (Å²) in [6.07, 6.45) is 0.634. The fraction of sp³-hybridized carbons (Fsp3) is 0.600. The van der Waals surface area contributed by atoms with Gasteiger partial charge in [-0.05, 0) is 0 Å². The van der Waals surface area contributed by atoms with E-state index >= 15 is 0 Å². The van der Waals surface area contributed by atoms with Crippen LogP contribution < -0.4 is 116 Å². The van der Waals surface area contributed by atoms with Gasteiger partial charge in [0.15, 0.2) is 5.97 Å². The third-order valence-corrected chi connectivity index (χ3v) is 0.895. The summed E-state index contributed by atoms with van der Waals surface area (Å²) < 4.78 is 0. The van der Waals surface area contributed by atoms with Gasteiger partial charge in [0.2, 0.25) is 0 Å². The van der Waals surface area contributed by atoms with Crippen molar-refractivity contribution in [3.63, 3.8) is 0 Å². The minimum atomic E-state index is -0.789. The summed E-state index contributed by atoms with van der Waals surface area (Å²) in [6, 6.07) is 0. The van der Waals surface area contributed by atoms with Crippen molar-refractivity contribution in [2.24, 2.45) is 0 Å². The summed E-state index contributed by atoms with van der Waals surface area (Å²) in [6.45, 7) is 3.44. The molecule has 0 aliphatic rings. The fourth-order valence-corrected chi connectivity index (χ4v) is 0.151. The minimum absolute atomic E-state index is 0. The zero-order chi connectivity index (χ0) is 104. The molecule has 142 valence electrons. The molecule has 0 aromatic carbocycles. The van der Waals surface area contributed by atoms with Crippen molar-refractivity contribution in [3.05, 3.63) is 5.92 Å². The molecule has 0 heterocycles. The number of aliphatic carboxylic acids is 1. The molecule has 102 heteroatoms. The summed E-state index contributed by atoms with van der Waals surface area (Å²) in [5.41, 5.74) is 0. The molecular weight excluding hydrogens is 8640 g/mol. The first-order valence-electron chi connectivity index (χ1n) is 51.2. The number of hydrogen-bond donors (Lipinski definition) is 1. The molecule has 0 atom stereocenters. The molecule has 0 unspecified atom stereocenters. The average molecular weight is 8650 g/mol. The van der Waals surface area contributed by atoms with E-state index in [1.165, 1.54) is 0 Å². The van der Waals surface area contributed by atoms with E-state index in [2.05, 4.69) is 0 Å². The standard InChI is InChI=1S/C5H9O2.100Rb.H/c1-3-4(2)5(6)7;;;;;;;;;;;;;;;;;;;;;;;;;;;;;;;;;;;;;;;;;;;;;;;;;;;;;;;;;;;;;;;;;;;;;;;;;;;;;;;;;;;;;;;;;;;;;;;;;;;;;/h3H2,1-2H3,(H,6,7);;;;;;;;;;;;;;;;;;;;;;;;;;;;;;;;;;;;;;;;;;;;;;;;;;;;;;;;;;;;;;;;;;;;;;;;;;;;;;;;;;;;;;;;;;;;;;;;;;;;;/q-1;;;;;;;;;;;;;;;;;;;;;;;;;;;;;;;;;;;;;;;;;;;;;;;;;;;;;;;;;;;;;;;;;;;;;;;;;;;;;;;;;;;;;;;;;;;;;;;;;;;2*+1;-1. The van der Waals surface area contributed by atoms with Crippen molar-refractivity contribution in [1.82, 2.24) is 0 Å². The van der Waals surface area contributed by atoms with Crippen LogP contribution in [0.4, 0.5) is 0 Å². The summed E-state index contributed by atoms with van der Waals surface area (Å²) in [7, 11) is 0. The van der Waals surface area contributed by atoms with E-state index in [0.29, 0.717) is 12.3 Å². The second kappa shape index (κ2) is 664. The molecule has 0 radical (unpaired) electrons. The Balaban J connectivity index is -0.00000000563. The van der Waals surface area contributed by atoms with E-state index in [1.54, 1.807) is 6.92 Å². The molecule has 2 nitrogen and oxygen atoms in total. The number of hydrogen-bond acceptors (Lipinski definition) is 1. The van der Waals surface area contributed by atoms with Gasteiger partial charge >= 0.3 is 3430 Å². The van der Waals surface area contributed by atoms with Crippen LogP contribution in [0.5, 0.6) is 0 Å². The molecule has 0 saturated heterocycles. The zero-order valence-electron chi connectivity index (χ0n) is 106. The number of carboxylic acid groups (broad SMARTS) is 1. The van der Waals surface area contributed by atoms with Gasteiger partial charge in [0.25, 0.3) is 0 Å². The first-order chi connectivity index (χ1) is 52.2. The second-order valence-corrected chi connectivity index (χ2v) is 1.44. The normalized spacial score (nSPS) is 4.21. The van der Waals surface area contributed by atoms with Crippen molar-refractivity contribution in [2.75, 3.05) is 0 Å². The van der Waals surface area contributed by atoms with E-state index in [0.717, 1.165) is 3320 Å². The van der Waals surface area contributed by atoms with Crippen molar-refractivity contribution < 1.29 is 128 Å². The Morgan fingerprint density at radius 2 is 0.187 bits per heavy atom. The van der Waals surface area contributed by atoms with Crippen molar-refractivity contribution >= 4 is 3320 Å². The van der Waals surface area contributed by atoms with Gasteiger partial charge in [-0.25, -0.2) is 0 Å². The van der Waals surface area contributed by atoms with E-state index < -0.39 is 5.97 Å². The maximum absolute atomic E-state index is 9.89. The van der Waals surface area contributed by atoms with Gasteiger partial charge in [-0.2, -0.15) is 13.3 Å².